The molecule has 2 aromatic carbocycles. The molecule has 1 fully saturated rings. The molecule has 2 aromatic rings. The maximum Gasteiger partial charge on any atom is 0.416 e. The van der Waals surface area contributed by atoms with Crippen LogP contribution in [0.5, 0.6) is 0 Å². The maximum atomic E-state index is 13.4. The van der Waals surface area contributed by atoms with Crippen LogP contribution in [0.25, 0.3) is 0 Å². The molecule has 1 N–H and O–H groups in total. The zero-order chi connectivity index (χ0) is 16.4. The van der Waals surface area contributed by atoms with Gasteiger partial charge in [0.1, 0.15) is 6.10 Å². The van der Waals surface area contributed by atoms with E-state index in [4.69, 9.17) is 4.74 Å². The van der Waals surface area contributed by atoms with Gasteiger partial charge in [-0.3, -0.25) is 0 Å². The van der Waals surface area contributed by atoms with Crippen molar-refractivity contribution in [1.29, 1.82) is 0 Å². The lowest BCUT2D eigenvalue weighted by molar-refractivity contribution is -0.140. The molecule has 1 saturated heterocycles. The molecule has 1 aliphatic rings. The van der Waals surface area contributed by atoms with Crippen LogP contribution in [0.15, 0.2) is 48.5 Å². The van der Waals surface area contributed by atoms with Crippen molar-refractivity contribution in [2.24, 2.45) is 0 Å². The molecule has 1 atom stereocenters. The molecule has 0 aliphatic carbocycles. The Morgan fingerprint density at radius 2 is 1.67 bits per heavy atom. The smallest absolute Gasteiger partial charge is 0.363 e. The SMILES string of the molecule is Cc1ccc(C(OC2CNC2)c2ccccc2C(F)(F)F)cc1.Cl. The molecular weight excluding hydrogens is 339 g/mol. The van der Waals surface area contributed by atoms with Crippen molar-refractivity contribution in [2.45, 2.75) is 25.3 Å². The van der Waals surface area contributed by atoms with Gasteiger partial charge in [0.15, 0.2) is 0 Å². The van der Waals surface area contributed by atoms with E-state index in [1.807, 2.05) is 31.2 Å². The van der Waals surface area contributed by atoms with Gasteiger partial charge in [0, 0.05) is 13.1 Å². The Morgan fingerprint density at radius 1 is 1.04 bits per heavy atom. The highest BCUT2D eigenvalue weighted by Crippen LogP contribution is 2.38. The molecule has 2 nitrogen and oxygen atoms in total. The second-order valence-corrected chi connectivity index (χ2v) is 5.79. The molecule has 1 aliphatic heterocycles. The summed E-state index contributed by atoms with van der Waals surface area (Å²) < 4.78 is 46.0. The minimum atomic E-state index is -4.40. The number of alkyl halides is 3. The minimum Gasteiger partial charge on any atom is -0.363 e. The summed E-state index contributed by atoms with van der Waals surface area (Å²) in [7, 11) is 0. The Bertz CT molecular complexity index is 669. The molecule has 0 spiro atoms. The molecule has 24 heavy (non-hydrogen) atoms. The first-order valence-electron chi connectivity index (χ1n) is 7.54. The van der Waals surface area contributed by atoms with Gasteiger partial charge in [0.05, 0.1) is 11.7 Å². The highest BCUT2D eigenvalue weighted by molar-refractivity contribution is 5.85. The number of hydrogen-bond donors (Lipinski definition) is 1. The summed E-state index contributed by atoms with van der Waals surface area (Å²) in [5.74, 6) is 0. The van der Waals surface area contributed by atoms with E-state index in [0.717, 1.165) is 17.2 Å². The van der Waals surface area contributed by atoms with Crippen LogP contribution in [0.3, 0.4) is 0 Å². The van der Waals surface area contributed by atoms with Crippen molar-refractivity contribution in [3.05, 3.63) is 70.8 Å². The average Bonchev–Trinajstić information content (AvgIpc) is 2.47. The van der Waals surface area contributed by atoms with Crippen molar-refractivity contribution in [2.75, 3.05) is 13.1 Å². The third-order valence-electron chi connectivity index (χ3n) is 4.00. The summed E-state index contributed by atoms with van der Waals surface area (Å²) in [6.07, 6.45) is -5.19. The number of nitrogens with one attached hydrogen (secondary N) is 1. The van der Waals surface area contributed by atoms with E-state index in [1.165, 1.54) is 12.1 Å². The molecule has 6 heteroatoms. The summed E-state index contributed by atoms with van der Waals surface area (Å²) in [5, 5.41) is 3.08. The van der Waals surface area contributed by atoms with E-state index >= 15 is 0 Å². The van der Waals surface area contributed by atoms with Crippen molar-refractivity contribution in [3.8, 4) is 0 Å². The van der Waals surface area contributed by atoms with Gasteiger partial charge < -0.3 is 10.1 Å². The fourth-order valence-corrected chi connectivity index (χ4v) is 2.61. The van der Waals surface area contributed by atoms with Crippen LogP contribution in [0.2, 0.25) is 0 Å². The lowest BCUT2D eigenvalue weighted by Crippen LogP contribution is -2.49. The Labute approximate surface area is 145 Å². The molecule has 0 aromatic heterocycles. The monoisotopic (exact) mass is 357 g/mol. The molecule has 0 bridgehead atoms. The van der Waals surface area contributed by atoms with Crippen LogP contribution < -0.4 is 5.32 Å². The van der Waals surface area contributed by atoms with Gasteiger partial charge in [0.2, 0.25) is 0 Å². The molecule has 130 valence electrons. The summed E-state index contributed by atoms with van der Waals surface area (Å²) in [4.78, 5) is 0. The van der Waals surface area contributed by atoms with Crippen LogP contribution in [-0.2, 0) is 10.9 Å². The number of hydrogen-bond acceptors (Lipinski definition) is 2. The fraction of sp³-hybridized carbons (Fsp3) is 0.333. The van der Waals surface area contributed by atoms with E-state index in [0.29, 0.717) is 13.1 Å². The van der Waals surface area contributed by atoms with Crippen molar-refractivity contribution < 1.29 is 17.9 Å². The van der Waals surface area contributed by atoms with Gasteiger partial charge in [-0.25, -0.2) is 0 Å². The van der Waals surface area contributed by atoms with Crippen LogP contribution in [0, 0.1) is 6.92 Å². The van der Waals surface area contributed by atoms with Crippen molar-refractivity contribution >= 4 is 12.4 Å². The first kappa shape index (κ1) is 18.8. The number of benzene rings is 2. The van der Waals surface area contributed by atoms with Crippen molar-refractivity contribution in [1.82, 2.24) is 5.32 Å². The molecule has 1 heterocycles. The van der Waals surface area contributed by atoms with E-state index in [9.17, 15) is 13.2 Å². The van der Waals surface area contributed by atoms with E-state index in [2.05, 4.69) is 5.32 Å². The Hall–Kier alpha value is -1.56. The fourth-order valence-electron chi connectivity index (χ4n) is 2.61. The summed E-state index contributed by atoms with van der Waals surface area (Å²) >= 11 is 0. The minimum absolute atomic E-state index is 0. The van der Waals surface area contributed by atoms with Crippen molar-refractivity contribution in [3.63, 3.8) is 0 Å². The topological polar surface area (TPSA) is 21.3 Å². The molecule has 0 saturated carbocycles. The van der Waals surface area contributed by atoms with Gasteiger partial charge in [-0.1, -0.05) is 48.0 Å². The Balaban J connectivity index is 0.00000208. The van der Waals surface area contributed by atoms with Gasteiger partial charge in [-0.15, -0.1) is 12.4 Å². The standard InChI is InChI=1S/C18H18F3NO.ClH/c1-12-6-8-13(9-7-12)17(23-14-10-22-11-14)15-4-2-3-5-16(15)18(19,20)21;/h2-9,14,17,22H,10-11H2,1H3;1H. The third-order valence-corrected chi connectivity index (χ3v) is 4.00. The molecule has 3 rings (SSSR count). The van der Waals surface area contributed by atoms with Gasteiger partial charge in [-0.2, -0.15) is 13.2 Å². The Kier molecular flexibility index (Phi) is 5.91. The summed E-state index contributed by atoms with van der Waals surface area (Å²) in [5.41, 5.74) is 1.31. The predicted octanol–water partition coefficient (Wildman–Crippen LogP) is 4.51. The highest BCUT2D eigenvalue weighted by Gasteiger charge is 2.36. The van der Waals surface area contributed by atoms with E-state index in [1.54, 1.807) is 6.07 Å². The van der Waals surface area contributed by atoms with Gasteiger partial charge in [-0.05, 0) is 24.1 Å². The predicted molar refractivity (Wildman–Crippen MR) is 89.5 cm³/mol. The second-order valence-electron chi connectivity index (χ2n) is 5.79. The first-order valence-corrected chi connectivity index (χ1v) is 7.54. The molecule has 1 unspecified atom stereocenters. The van der Waals surface area contributed by atoms with Gasteiger partial charge >= 0.3 is 6.18 Å². The van der Waals surface area contributed by atoms with Crippen LogP contribution in [-0.4, -0.2) is 19.2 Å². The van der Waals surface area contributed by atoms with Gasteiger partial charge in [0.25, 0.3) is 0 Å². The summed E-state index contributed by atoms with van der Waals surface area (Å²) in [6, 6.07) is 13.1. The molecular formula is C18H19ClF3NO. The lowest BCUT2D eigenvalue weighted by Gasteiger charge is -2.33. The number of rotatable bonds is 4. The number of aryl methyl sites for hydroxylation is 1. The molecule has 0 amide bonds. The quantitative estimate of drug-likeness (QED) is 0.869. The maximum absolute atomic E-state index is 13.4. The zero-order valence-electron chi connectivity index (χ0n) is 13.1. The van der Waals surface area contributed by atoms with Crippen LogP contribution in [0.1, 0.15) is 28.4 Å². The van der Waals surface area contributed by atoms with E-state index < -0.39 is 17.8 Å². The number of ether oxygens (including phenoxy) is 1. The largest absolute Gasteiger partial charge is 0.416 e. The van der Waals surface area contributed by atoms with Crippen LogP contribution >= 0.6 is 12.4 Å². The highest BCUT2D eigenvalue weighted by atomic mass is 35.5. The van der Waals surface area contributed by atoms with Crippen LogP contribution in [0.4, 0.5) is 13.2 Å². The number of halogens is 4. The van der Waals surface area contributed by atoms with E-state index in [-0.39, 0.29) is 24.1 Å². The third kappa shape index (κ3) is 4.09. The normalized spacial score (nSPS) is 16.2. The average molecular weight is 358 g/mol. The second kappa shape index (κ2) is 7.55. The first-order chi connectivity index (χ1) is 10.9. The summed E-state index contributed by atoms with van der Waals surface area (Å²) in [6.45, 7) is 3.27. The Morgan fingerprint density at radius 3 is 2.21 bits per heavy atom. The zero-order valence-corrected chi connectivity index (χ0v) is 14.0. The lowest BCUT2D eigenvalue weighted by atomic mass is 9.95. The molecule has 0 radical (unpaired) electrons.